The van der Waals surface area contributed by atoms with Gasteiger partial charge < -0.3 is 14.3 Å². The normalized spacial score (nSPS) is 11.3. The summed E-state index contributed by atoms with van der Waals surface area (Å²) in [5, 5.41) is 12.1. The molecular formula is C12H18N4OS. The lowest BCUT2D eigenvalue weighted by atomic mass is 10.3. The molecule has 0 amide bonds. The Morgan fingerprint density at radius 2 is 2.17 bits per heavy atom. The van der Waals surface area contributed by atoms with Crippen LogP contribution in [0.1, 0.15) is 25.4 Å². The van der Waals surface area contributed by atoms with Gasteiger partial charge in [0.15, 0.2) is 5.16 Å². The van der Waals surface area contributed by atoms with Gasteiger partial charge in [0, 0.05) is 13.1 Å². The van der Waals surface area contributed by atoms with Crippen molar-refractivity contribution in [2.24, 2.45) is 7.05 Å². The molecule has 0 radical (unpaired) electrons. The summed E-state index contributed by atoms with van der Waals surface area (Å²) in [7, 11) is 1.93. The van der Waals surface area contributed by atoms with Gasteiger partial charge in [0.25, 0.3) is 0 Å². The lowest BCUT2D eigenvalue weighted by molar-refractivity contribution is 0.445. The smallest absolute Gasteiger partial charge is 0.191 e. The fraction of sp³-hybridized carbons (Fsp3) is 0.500. The summed E-state index contributed by atoms with van der Waals surface area (Å²) >= 11 is 1.62. The van der Waals surface area contributed by atoms with Crippen LogP contribution in [0.3, 0.4) is 0 Å². The Hall–Kier alpha value is -1.27. The van der Waals surface area contributed by atoms with Crippen molar-refractivity contribution < 1.29 is 4.42 Å². The first-order valence-corrected chi connectivity index (χ1v) is 6.91. The highest BCUT2D eigenvalue weighted by Gasteiger charge is 2.06. The van der Waals surface area contributed by atoms with Gasteiger partial charge >= 0.3 is 0 Å². The van der Waals surface area contributed by atoms with E-state index in [4.69, 9.17) is 4.42 Å². The highest BCUT2D eigenvalue weighted by Crippen LogP contribution is 2.21. The largest absolute Gasteiger partial charge is 0.464 e. The van der Waals surface area contributed by atoms with Gasteiger partial charge in [0.05, 0.1) is 12.3 Å². The van der Waals surface area contributed by atoms with E-state index in [0.29, 0.717) is 6.04 Å². The van der Waals surface area contributed by atoms with Crippen molar-refractivity contribution in [3.05, 3.63) is 30.0 Å². The highest BCUT2D eigenvalue weighted by atomic mass is 32.2. The van der Waals surface area contributed by atoms with Crippen LogP contribution in [0.2, 0.25) is 0 Å². The van der Waals surface area contributed by atoms with Crippen molar-refractivity contribution in [2.75, 3.05) is 0 Å². The second kappa shape index (κ2) is 6.06. The van der Waals surface area contributed by atoms with Gasteiger partial charge in [0.1, 0.15) is 17.8 Å². The molecule has 2 aromatic rings. The van der Waals surface area contributed by atoms with Crippen LogP contribution in [0, 0.1) is 0 Å². The maximum absolute atomic E-state index is 5.73. The first-order valence-electron chi connectivity index (χ1n) is 5.93. The molecule has 0 bridgehead atoms. The average molecular weight is 266 g/mol. The Bertz CT molecular complexity index is 492. The number of hydrogen-bond donors (Lipinski definition) is 1. The molecule has 0 aromatic carbocycles. The maximum Gasteiger partial charge on any atom is 0.191 e. The van der Waals surface area contributed by atoms with Gasteiger partial charge in [-0.1, -0.05) is 25.6 Å². The number of furan rings is 1. The summed E-state index contributed by atoms with van der Waals surface area (Å²) < 4.78 is 7.63. The summed E-state index contributed by atoms with van der Waals surface area (Å²) in [4.78, 5) is 0. The predicted molar refractivity (Wildman–Crippen MR) is 71.2 cm³/mol. The van der Waals surface area contributed by atoms with E-state index in [1.807, 2.05) is 23.7 Å². The molecular weight excluding hydrogens is 248 g/mol. The maximum atomic E-state index is 5.73. The fourth-order valence-electron chi connectivity index (χ4n) is 1.44. The van der Waals surface area contributed by atoms with Crippen LogP contribution in [-0.4, -0.2) is 20.8 Å². The Balaban J connectivity index is 1.85. The SMILES string of the molecule is CC(C)NCc1ccc(CSc2nncn2C)o1. The van der Waals surface area contributed by atoms with Crippen LogP contribution in [0.25, 0.3) is 0 Å². The van der Waals surface area contributed by atoms with E-state index in [1.54, 1.807) is 18.1 Å². The van der Waals surface area contributed by atoms with Crippen LogP contribution in [0.5, 0.6) is 0 Å². The molecule has 5 nitrogen and oxygen atoms in total. The lowest BCUT2D eigenvalue weighted by Gasteiger charge is -2.05. The minimum absolute atomic E-state index is 0.464. The molecule has 0 spiro atoms. The number of aryl methyl sites for hydroxylation is 1. The van der Waals surface area contributed by atoms with Crippen molar-refractivity contribution in [2.45, 2.75) is 37.3 Å². The first-order chi connectivity index (χ1) is 8.65. The molecule has 2 rings (SSSR count). The Morgan fingerprint density at radius 3 is 2.83 bits per heavy atom. The Morgan fingerprint density at radius 1 is 1.39 bits per heavy atom. The second-order valence-electron chi connectivity index (χ2n) is 4.42. The molecule has 6 heteroatoms. The molecule has 0 aliphatic rings. The van der Waals surface area contributed by atoms with Gasteiger partial charge in [-0.05, 0) is 12.1 Å². The molecule has 0 saturated carbocycles. The summed E-state index contributed by atoms with van der Waals surface area (Å²) in [6.45, 7) is 5.01. The molecule has 2 aromatic heterocycles. The van der Waals surface area contributed by atoms with E-state index in [2.05, 4.69) is 29.4 Å². The van der Waals surface area contributed by atoms with Crippen molar-refractivity contribution in [3.8, 4) is 0 Å². The quantitative estimate of drug-likeness (QED) is 0.812. The van der Waals surface area contributed by atoms with Crippen molar-refractivity contribution in [1.82, 2.24) is 20.1 Å². The summed E-state index contributed by atoms with van der Waals surface area (Å²) in [6.07, 6.45) is 1.70. The van der Waals surface area contributed by atoms with Crippen molar-refractivity contribution in [1.29, 1.82) is 0 Å². The summed E-state index contributed by atoms with van der Waals surface area (Å²) in [6, 6.07) is 4.49. The van der Waals surface area contributed by atoms with Crippen molar-refractivity contribution >= 4 is 11.8 Å². The van der Waals surface area contributed by atoms with Crippen LogP contribution in [0.4, 0.5) is 0 Å². The molecule has 0 unspecified atom stereocenters. The molecule has 0 aliphatic carbocycles. The van der Waals surface area contributed by atoms with E-state index in [9.17, 15) is 0 Å². The van der Waals surface area contributed by atoms with E-state index in [1.165, 1.54) is 0 Å². The second-order valence-corrected chi connectivity index (χ2v) is 5.36. The van der Waals surface area contributed by atoms with Crippen LogP contribution < -0.4 is 5.32 Å². The minimum atomic E-state index is 0.464. The van der Waals surface area contributed by atoms with Crippen molar-refractivity contribution in [3.63, 3.8) is 0 Å². The molecule has 0 atom stereocenters. The predicted octanol–water partition coefficient (Wildman–Crippen LogP) is 2.20. The van der Waals surface area contributed by atoms with E-state index < -0.39 is 0 Å². The molecule has 0 fully saturated rings. The number of nitrogens with one attached hydrogen (secondary N) is 1. The zero-order valence-electron chi connectivity index (χ0n) is 10.9. The van der Waals surface area contributed by atoms with Crippen LogP contribution >= 0.6 is 11.8 Å². The fourth-order valence-corrected chi connectivity index (χ4v) is 2.22. The van der Waals surface area contributed by atoms with Crippen LogP contribution in [0.15, 0.2) is 28.0 Å². The van der Waals surface area contributed by atoms with Gasteiger partial charge in [-0.3, -0.25) is 0 Å². The average Bonchev–Trinajstić information content (AvgIpc) is 2.93. The van der Waals surface area contributed by atoms with Gasteiger partial charge in [-0.2, -0.15) is 0 Å². The van der Waals surface area contributed by atoms with E-state index >= 15 is 0 Å². The molecule has 98 valence electrons. The van der Waals surface area contributed by atoms with Crippen LogP contribution in [-0.2, 0) is 19.3 Å². The zero-order valence-corrected chi connectivity index (χ0v) is 11.7. The summed E-state index contributed by atoms with van der Waals surface area (Å²) in [5.74, 6) is 2.70. The number of nitrogens with zero attached hydrogens (tertiary/aromatic N) is 3. The Labute approximate surface area is 111 Å². The van der Waals surface area contributed by atoms with Gasteiger partial charge in [-0.25, -0.2) is 0 Å². The first kappa shape index (κ1) is 13.2. The van der Waals surface area contributed by atoms with Gasteiger partial charge in [0.2, 0.25) is 0 Å². The van der Waals surface area contributed by atoms with Gasteiger partial charge in [-0.15, -0.1) is 10.2 Å². The van der Waals surface area contributed by atoms with E-state index in [-0.39, 0.29) is 0 Å². The third kappa shape index (κ3) is 3.61. The number of hydrogen-bond acceptors (Lipinski definition) is 5. The summed E-state index contributed by atoms with van der Waals surface area (Å²) in [5.41, 5.74) is 0. The number of thioether (sulfide) groups is 1. The molecule has 0 aliphatic heterocycles. The molecule has 0 saturated heterocycles. The molecule has 1 N–H and O–H groups in total. The lowest BCUT2D eigenvalue weighted by Crippen LogP contribution is -2.21. The van der Waals surface area contributed by atoms with E-state index in [0.717, 1.165) is 29.0 Å². The Kier molecular flexibility index (Phi) is 4.43. The minimum Gasteiger partial charge on any atom is -0.464 e. The molecule has 2 heterocycles. The third-order valence-corrected chi connectivity index (χ3v) is 3.47. The zero-order chi connectivity index (χ0) is 13.0. The highest BCUT2D eigenvalue weighted by molar-refractivity contribution is 7.98. The third-order valence-electron chi connectivity index (χ3n) is 2.42. The number of aromatic nitrogens is 3. The monoisotopic (exact) mass is 266 g/mol. The topological polar surface area (TPSA) is 55.9 Å². The number of rotatable bonds is 6. The standard InChI is InChI=1S/C12H18N4OS/c1-9(2)13-6-10-4-5-11(17-10)7-18-12-15-14-8-16(12)3/h4-5,8-9,13H,6-7H2,1-3H3. The molecule has 18 heavy (non-hydrogen) atoms.